The summed E-state index contributed by atoms with van der Waals surface area (Å²) in [4.78, 5) is 37.9. The fourth-order valence-corrected chi connectivity index (χ4v) is 4.62. The fourth-order valence-electron chi connectivity index (χ4n) is 3.52. The summed E-state index contributed by atoms with van der Waals surface area (Å²) in [5.41, 5.74) is 0.992. The van der Waals surface area contributed by atoms with Gasteiger partial charge in [0.15, 0.2) is 5.13 Å². The minimum atomic E-state index is -0.651. The van der Waals surface area contributed by atoms with Crippen LogP contribution in [0.2, 0.25) is 0 Å². The van der Waals surface area contributed by atoms with Gasteiger partial charge < -0.3 is 20.7 Å². The first-order chi connectivity index (χ1) is 15.7. The topological polar surface area (TPSA) is 118 Å². The molecule has 0 radical (unpaired) electrons. The number of hydrogen-bond acceptors (Lipinski definition) is 8. The number of aryl methyl sites for hydroxylation is 1. The van der Waals surface area contributed by atoms with Gasteiger partial charge in [-0.05, 0) is 51.8 Å². The number of amides is 2. The number of ether oxygens (including phenoxy) is 1. The Morgan fingerprint density at radius 1 is 1.27 bits per heavy atom. The van der Waals surface area contributed by atoms with E-state index in [9.17, 15) is 14.0 Å². The lowest BCUT2D eigenvalue weighted by molar-refractivity contribution is -0.115. The monoisotopic (exact) mass is 472 g/mol. The van der Waals surface area contributed by atoms with Crippen LogP contribution in [0.5, 0.6) is 0 Å². The highest BCUT2D eigenvalue weighted by molar-refractivity contribution is 7.15. The van der Waals surface area contributed by atoms with Crippen molar-refractivity contribution in [1.82, 2.24) is 20.3 Å². The van der Waals surface area contributed by atoms with Gasteiger partial charge in [0.2, 0.25) is 5.91 Å². The molecule has 1 aliphatic carbocycles. The summed E-state index contributed by atoms with van der Waals surface area (Å²) in [6, 6.07) is 4.53. The van der Waals surface area contributed by atoms with E-state index < -0.39 is 11.7 Å². The van der Waals surface area contributed by atoms with Crippen molar-refractivity contribution in [3.8, 4) is 0 Å². The van der Waals surface area contributed by atoms with E-state index in [2.05, 4.69) is 30.9 Å². The Kier molecular flexibility index (Phi) is 6.41. The molecule has 2 amide bonds. The summed E-state index contributed by atoms with van der Waals surface area (Å²) in [5.74, 6) is -0.120. The first-order valence-corrected chi connectivity index (χ1v) is 11.4. The van der Waals surface area contributed by atoms with Crippen molar-refractivity contribution in [2.75, 3.05) is 17.2 Å². The highest BCUT2D eigenvalue weighted by atomic mass is 32.1. The van der Waals surface area contributed by atoms with Gasteiger partial charge in [0.05, 0.1) is 11.2 Å². The zero-order valence-electron chi connectivity index (χ0n) is 18.6. The van der Waals surface area contributed by atoms with E-state index in [-0.39, 0.29) is 24.3 Å². The van der Waals surface area contributed by atoms with Crippen LogP contribution in [-0.2, 0) is 22.4 Å². The molecule has 2 aromatic heterocycles. The second-order valence-electron chi connectivity index (χ2n) is 8.76. The SMILES string of the molecule is CC(C)(C)OC(=O)NCC(=O)Nc1nc2c(s1)CC(Nc1ncnc3ccc(F)cc13)CC2. The largest absolute Gasteiger partial charge is 0.444 e. The molecule has 3 N–H and O–H groups in total. The van der Waals surface area contributed by atoms with Gasteiger partial charge in [0, 0.05) is 22.7 Å². The van der Waals surface area contributed by atoms with E-state index in [1.807, 2.05) is 0 Å². The molecule has 1 unspecified atom stereocenters. The third-order valence-corrected chi connectivity index (χ3v) is 5.95. The molecular formula is C22H25FN6O3S. The minimum absolute atomic E-state index is 0.0942. The Morgan fingerprint density at radius 3 is 2.88 bits per heavy atom. The third-order valence-electron chi connectivity index (χ3n) is 4.92. The number of rotatable bonds is 5. The van der Waals surface area contributed by atoms with Crippen molar-refractivity contribution in [3.63, 3.8) is 0 Å². The second-order valence-corrected chi connectivity index (χ2v) is 9.84. The van der Waals surface area contributed by atoms with Crippen LogP contribution in [0.25, 0.3) is 10.9 Å². The van der Waals surface area contributed by atoms with Crippen LogP contribution in [0.15, 0.2) is 24.5 Å². The van der Waals surface area contributed by atoms with E-state index in [1.165, 1.54) is 29.8 Å². The van der Waals surface area contributed by atoms with Crippen LogP contribution < -0.4 is 16.0 Å². The first kappa shape index (κ1) is 22.8. The van der Waals surface area contributed by atoms with Crippen LogP contribution in [0, 0.1) is 5.82 Å². The Morgan fingerprint density at radius 2 is 2.09 bits per heavy atom. The van der Waals surface area contributed by atoms with Gasteiger partial charge >= 0.3 is 6.09 Å². The third kappa shape index (κ3) is 5.92. The van der Waals surface area contributed by atoms with E-state index in [1.54, 1.807) is 26.8 Å². The van der Waals surface area contributed by atoms with Crippen LogP contribution in [0.3, 0.4) is 0 Å². The zero-order valence-corrected chi connectivity index (χ0v) is 19.4. The number of fused-ring (bicyclic) bond motifs is 2. The van der Waals surface area contributed by atoms with E-state index in [0.717, 1.165) is 23.4 Å². The molecule has 0 saturated heterocycles. The molecular weight excluding hydrogens is 447 g/mol. The highest BCUT2D eigenvalue weighted by Crippen LogP contribution is 2.31. The van der Waals surface area contributed by atoms with Crippen molar-refractivity contribution < 1.29 is 18.7 Å². The molecule has 0 saturated carbocycles. The second kappa shape index (κ2) is 9.26. The summed E-state index contributed by atoms with van der Waals surface area (Å²) >= 11 is 1.41. The molecule has 33 heavy (non-hydrogen) atoms. The van der Waals surface area contributed by atoms with Gasteiger partial charge in [0.25, 0.3) is 0 Å². The number of nitrogens with one attached hydrogen (secondary N) is 3. The Balaban J connectivity index is 1.35. The number of anilines is 2. The van der Waals surface area contributed by atoms with Gasteiger partial charge in [-0.3, -0.25) is 4.79 Å². The fraction of sp³-hybridized carbons (Fsp3) is 0.409. The minimum Gasteiger partial charge on any atom is -0.444 e. The van der Waals surface area contributed by atoms with Gasteiger partial charge in [-0.25, -0.2) is 24.1 Å². The van der Waals surface area contributed by atoms with Crippen molar-refractivity contribution in [2.24, 2.45) is 0 Å². The predicted molar refractivity (Wildman–Crippen MR) is 124 cm³/mol. The summed E-state index contributed by atoms with van der Waals surface area (Å²) < 4.78 is 18.8. The molecule has 3 aromatic rings. The lowest BCUT2D eigenvalue weighted by Gasteiger charge is -2.23. The van der Waals surface area contributed by atoms with Crippen molar-refractivity contribution in [3.05, 3.63) is 40.9 Å². The van der Waals surface area contributed by atoms with Crippen LogP contribution in [0.4, 0.5) is 20.1 Å². The lowest BCUT2D eigenvalue weighted by Crippen LogP contribution is -2.37. The van der Waals surface area contributed by atoms with Crippen LogP contribution in [-0.4, -0.2) is 45.1 Å². The van der Waals surface area contributed by atoms with E-state index in [4.69, 9.17) is 4.74 Å². The highest BCUT2D eigenvalue weighted by Gasteiger charge is 2.24. The van der Waals surface area contributed by atoms with Crippen molar-refractivity contribution in [2.45, 2.75) is 51.7 Å². The van der Waals surface area contributed by atoms with Gasteiger partial charge in [-0.2, -0.15) is 0 Å². The maximum atomic E-state index is 13.7. The zero-order chi connectivity index (χ0) is 23.6. The van der Waals surface area contributed by atoms with Crippen molar-refractivity contribution in [1.29, 1.82) is 0 Å². The molecule has 2 heterocycles. The molecule has 1 atom stereocenters. The molecule has 174 valence electrons. The summed E-state index contributed by atoms with van der Waals surface area (Å²) in [6.45, 7) is 5.04. The Hall–Kier alpha value is -3.34. The molecule has 0 fully saturated rings. The predicted octanol–water partition coefficient (Wildman–Crippen LogP) is 3.66. The molecule has 0 aliphatic heterocycles. The number of carbonyl (C=O) groups is 2. The van der Waals surface area contributed by atoms with Gasteiger partial charge in [-0.1, -0.05) is 0 Å². The number of hydrogen-bond donors (Lipinski definition) is 3. The quantitative estimate of drug-likeness (QED) is 0.519. The molecule has 11 heteroatoms. The number of halogens is 1. The number of alkyl carbamates (subject to hydrolysis) is 1. The van der Waals surface area contributed by atoms with E-state index >= 15 is 0 Å². The molecule has 9 nitrogen and oxygen atoms in total. The average Bonchev–Trinajstić information content (AvgIpc) is 3.13. The van der Waals surface area contributed by atoms with Crippen molar-refractivity contribution >= 4 is 45.2 Å². The van der Waals surface area contributed by atoms with Gasteiger partial charge in [0.1, 0.15) is 30.1 Å². The van der Waals surface area contributed by atoms with Crippen LogP contribution >= 0.6 is 11.3 Å². The number of carbonyl (C=O) groups excluding carboxylic acids is 2. The first-order valence-electron chi connectivity index (χ1n) is 10.6. The Bertz CT molecular complexity index is 1190. The molecule has 1 aromatic carbocycles. The number of thiazole rings is 1. The molecule has 4 rings (SSSR count). The summed E-state index contributed by atoms with van der Waals surface area (Å²) in [6.07, 6.45) is 3.09. The van der Waals surface area contributed by atoms with Gasteiger partial charge in [-0.15, -0.1) is 11.3 Å². The molecule has 0 bridgehead atoms. The number of aromatic nitrogens is 3. The maximum absolute atomic E-state index is 13.7. The van der Waals surface area contributed by atoms with E-state index in [0.29, 0.717) is 28.3 Å². The lowest BCUT2D eigenvalue weighted by atomic mass is 9.97. The summed E-state index contributed by atoms with van der Waals surface area (Å²) in [7, 11) is 0. The normalized spacial score (nSPS) is 15.6. The number of benzene rings is 1. The smallest absolute Gasteiger partial charge is 0.408 e. The summed E-state index contributed by atoms with van der Waals surface area (Å²) in [5, 5.41) is 9.69. The Labute approximate surface area is 194 Å². The molecule has 0 spiro atoms. The average molecular weight is 473 g/mol. The maximum Gasteiger partial charge on any atom is 0.408 e. The standard InChI is InChI=1S/C22H25FN6O3S/c1-22(2,3)32-21(31)24-10-18(30)29-20-28-16-7-5-13(9-17(16)33-20)27-19-14-8-12(23)4-6-15(14)25-11-26-19/h4,6,8,11,13H,5,7,9-10H2,1-3H3,(H,24,31)(H,25,26,27)(H,28,29,30). The molecule has 1 aliphatic rings. The number of nitrogens with zero attached hydrogens (tertiary/aromatic N) is 3. The van der Waals surface area contributed by atoms with Crippen LogP contribution in [0.1, 0.15) is 37.8 Å².